The molecule has 3 N–H and O–H groups in total. The number of ether oxygens (including phenoxy) is 1. The molecule has 0 saturated heterocycles. The molecular formula is C20H19BrN4O3. The lowest BCUT2D eigenvalue weighted by atomic mass is 10.1. The minimum absolute atomic E-state index is 0.151. The Kier molecular flexibility index (Phi) is 6.10. The van der Waals surface area contributed by atoms with E-state index >= 15 is 0 Å². The zero-order valence-electron chi connectivity index (χ0n) is 15.4. The van der Waals surface area contributed by atoms with Gasteiger partial charge in [0.2, 0.25) is 5.91 Å². The molecule has 0 atom stereocenters. The monoisotopic (exact) mass is 442 g/mol. The van der Waals surface area contributed by atoms with Gasteiger partial charge in [-0.05, 0) is 55.0 Å². The van der Waals surface area contributed by atoms with Crippen molar-refractivity contribution in [3.8, 4) is 17.0 Å². The lowest BCUT2D eigenvalue weighted by Crippen LogP contribution is -2.33. The fourth-order valence-corrected chi connectivity index (χ4v) is 3.13. The summed E-state index contributed by atoms with van der Waals surface area (Å²) in [5.74, 6) is 0.0182. The summed E-state index contributed by atoms with van der Waals surface area (Å²) in [7, 11) is 1.59. The standard InChI is InChI=1S/C20H19BrN4O3/c1-12-9-14(21)5-8-17(12)24-18(26)11-22-20(27)16-10-23-25-19(16)13-3-6-15(28-2)7-4-13/h3-10H,11H2,1-2H3,(H,22,27)(H,23,25)(H,24,26). The molecule has 144 valence electrons. The fraction of sp³-hybridized carbons (Fsp3) is 0.150. The van der Waals surface area contributed by atoms with Crippen LogP contribution >= 0.6 is 15.9 Å². The SMILES string of the molecule is COc1ccc(-c2[nH]ncc2C(=O)NCC(=O)Nc2ccc(Br)cc2C)cc1. The van der Waals surface area contributed by atoms with E-state index in [2.05, 4.69) is 36.8 Å². The number of methoxy groups -OCH3 is 1. The molecule has 0 saturated carbocycles. The van der Waals surface area contributed by atoms with Crippen LogP contribution in [-0.2, 0) is 4.79 Å². The number of aromatic amines is 1. The van der Waals surface area contributed by atoms with Gasteiger partial charge in [0, 0.05) is 15.7 Å². The molecule has 2 amide bonds. The highest BCUT2D eigenvalue weighted by Gasteiger charge is 2.16. The smallest absolute Gasteiger partial charge is 0.255 e. The van der Waals surface area contributed by atoms with Gasteiger partial charge in [0.15, 0.2) is 0 Å². The van der Waals surface area contributed by atoms with E-state index in [9.17, 15) is 9.59 Å². The summed E-state index contributed by atoms with van der Waals surface area (Å²) in [6, 6.07) is 12.8. The lowest BCUT2D eigenvalue weighted by molar-refractivity contribution is -0.115. The van der Waals surface area contributed by atoms with Crippen molar-refractivity contribution in [1.82, 2.24) is 15.5 Å². The van der Waals surface area contributed by atoms with Gasteiger partial charge in [-0.25, -0.2) is 0 Å². The minimum Gasteiger partial charge on any atom is -0.497 e. The normalized spacial score (nSPS) is 10.4. The van der Waals surface area contributed by atoms with Crippen LogP contribution < -0.4 is 15.4 Å². The van der Waals surface area contributed by atoms with Crippen molar-refractivity contribution < 1.29 is 14.3 Å². The molecule has 3 aromatic rings. The van der Waals surface area contributed by atoms with E-state index in [0.717, 1.165) is 15.6 Å². The molecule has 7 nitrogen and oxygen atoms in total. The molecule has 0 radical (unpaired) electrons. The molecule has 8 heteroatoms. The number of carbonyl (C=O) groups is 2. The van der Waals surface area contributed by atoms with Crippen molar-refractivity contribution in [3.05, 3.63) is 64.3 Å². The second-order valence-electron chi connectivity index (χ2n) is 6.08. The maximum atomic E-state index is 12.5. The summed E-state index contributed by atoms with van der Waals surface area (Å²) in [4.78, 5) is 24.7. The molecule has 0 spiro atoms. The van der Waals surface area contributed by atoms with Crippen LogP contribution in [0.15, 0.2) is 53.1 Å². The van der Waals surface area contributed by atoms with Gasteiger partial charge in [-0.2, -0.15) is 5.10 Å². The molecule has 0 unspecified atom stereocenters. The number of carbonyl (C=O) groups excluding carboxylic acids is 2. The zero-order chi connectivity index (χ0) is 20.1. The molecule has 0 fully saturated rings. The summed E-state index contributed by atoms with van der Waals surface area (Å²) < 4.78 is 6.07. The van der Waals surface area contributed by atoms with E-state index in [1.165, 1.54) is 6.20 Å². The first-order valence-electron chi connectivity index (χ1n) is 8.50. The number of halogens is 1. The van der Waals surface area contributed by atoms with Crippen LogP contribution in [0.4, 0.5) is 5.69 Å². The van der Waals surface area contributed by atoms with Gasteiger partial charge in [0.25, 0.3) is 5.91 Å². The van der Waals surface area contributed by atoms with Crippen LogP contribution in [-0.4, -0.2) is 35.7 Å². The van der Waals surface area contributed by atoms with Gasteiger partial charge in [-0.15, -0.1) is 0 Å². The summed E-state index contributed by atoms with van der Waals surface area (Å²) in [5.41, 5.74) is 3.34. The average molecular weight is 443 g/mol. The third-order valence-corrected chi connectivity index (χ3v) is 4.63. The van der Waals surface area contributed by atoms with Gasteiger partial charge in [-0.1, -0.05) is 15.9 Å². The molecule has 0 bridgehead atoms. The second kappa shape index (κ2) is 8.71. The van der Waals surface area contributed by atoms with Crippen molar-refractivity contribution in [1.29, 1.82) is 0 Å². The first-order valence-corrected chi connectivity index (χ1v) is 9.29. The Bertz CT molecular complexity index is 999. The molecular weight excluding hydrogens is 424 g/mol. The number of nitrogens with zero attached hydrogens (tertiary/aromatic N) is 1. The third-order valence-electron chi connectivity index (χ3n) is 4.13. The van der Waals surface area contributed by atoms with E-state index in [1.54, 1.807) is 25.3 Å². The number of hydrogen-bond donors (Lipinski definition) is 3. The fourth-order valence-electron chi connectivity index (χ4n) is 2.65. The van der Waals surface area contributed by atoms with Gasteiger partial charge in [-0.3, -0.25) is 14.7 Å². The number of rotatable bonds is 6. The number of nitrogens with one attached hydrogen (secondary N) is 3. The van der Waals surface area contributed by atoms with Gasteiger partial charge in [0.1, 0.15) is 5.75 Å². The topological polar surface area (TPSA) is 96.1 Å². The van der Waals surface area contributed by atoms with E-state index in [-0.39, 0.29) is 18.4 Å². The van der Waals surface area contributed by atoms with Crippen molar-refractivity contribution in [2.75, 3.05) is 19.0 Å². The maximum absolute atomic E-state index is 12.5. The maximum Gasteiger partial charge on any atom is 0.255 e. The molecule has 0 aliphatic rings. The molecule has 28 heavy (non-hydrogen) atoms. The summed E-state index contributed by atoms with van der Waals surface area (Å²) in [6.45, 7) is 1.74. The Hall–Kier alpha value is -3.13. The molecule has 1 heterocycles. The Morgan fingerprint density at radius 3 is 2.61 bits per heavy atom. The number of aryl methyl sites for hydroxylation is 1. The Labute approximate surface area is 170 Å². The Morgan fingerprint density at radius 1 is 1.18 bits per heavy atom. The second-order valence-corrected chi connectivity index (χ2v) is 6.99. The first-order chi connectivity index (χ1) is 13.5. The largest absolute Gasteiger partial charge is 0.497 e. The molecule has 0 aliphatic carbocycles. The van der Waals surface area contributed by atoms with E-state index in [1.807, 2.05) is 31.2 Å². The summed E-state index contributed by atoms with van der Waals surface area (Å²) in [6.07, 6.45) is 1.44. The molecule has 3 rings (SSSR count). The molecule has 2 aromatic carbocycles. The highest BCUT2D eigenvalue weighted by atomic mass is 79.9. The average Bonchev–Trinajstić information content (AvgIpc) is 3.18. The minimum atomic E-state index is -0.387. The van der Waals surface area contributed by atoms with E-state index in [0.29, 0.717) is 22.7 Å². The Balaban J connectivity index is 1.64. The van der Waals surface area contributed by atoms with Crippen LogP contribution in [0.1, 0.15) is 15.9 Å². The van der Waals surface area contributed by atoms with Crippen molar-refractivity contribution >= 4 is 33.4 Å². The summed E-state index contributed by atoms with van der Waals surface area (Å²) in [5, 5.41) is 12.2. The number of H-pyrrole nitrogens is 1. The number of hydrogen-bond acceptors (Lipinski definition) is 4. The third kappa shape index (κ3) is 4.58. The van der Waals surface area contributed by atoms with Crippen molar-refractivity contribution in [3.63, 3.8) is 0 Å². The van der Waals surface area contributed by atoms with Gasteiger partial charge < -0.3 is 15.4 Å². The van der Waals surface area contributed by atoms with Gasteiger partial charge in [0.05, 0.1) is 31.1 Å². The highest BCUT2D eigenvalue weighted by Crippen LogP contribution is 2.23. The predicted octanol–water partition coefficient (Wildman–Crippen LogP) is 3.52. The van der Waals surface area contributed by atoms with Crippen LogP contribution in [0.25, 0.3) is 11.3 Å². The Morgan fingerprint density at radius 2 is 1.93 bits per heavy atom. The van der Waals surface area contributed by atoms with Crippen molar-refractivity contribution in [2.24, 2.45) is 0 Å². The van der Waals surface area contributed by atoms with E-state index in [4.69, 9.17) is 4.74 Å². The van der Waals surface area contributed by atoms with Crippen LogP contribution in [0, 0.1) is 6.92 Å². The van der Waals surface area contributed by atoms with E-state index < -0.39 is 0 Å². The quantitative estimate of drug-likeness (QED) is 0.543. The number of benzene rings is 2. The lowest BCUT2D eigenvalue weighted by Gasteiger charge is -2.10. The summed E-state index contributed by atoms with van der Waals surface area (Å²) >= 11 is 3.38. The van der Waals surface area contributed by atoms with Gasteiger partial charge >= 0.3 is 0 Å². The number of anilines is 1. The first kappa shape index (κ1) is 19.6. The predicted molar refractivity (Wildman–Crippen MR) is 110 cm³/mol. The highest BCUT2D eigenvalue weighted by molar-refractivity contribution is 9.10. The van der Waals surface area contributed by atoms with Crippen LogP contribution in [0.5, 0.6) is 5.75 Å². The molecule has 1 aromatic heterocycles. The van der Waals surface area contributed by atoms with Crippen LogP contribution in [0.2, 0.25) is 0 Å². The number of aromatic nitrogens is 2. The van der Waals surface area contributed by atoms with Crippen molar-refractivity contribution in [2.45, 2.75) is 6.92 Å². The zero-order valence-corrected chi connectivity index (χ0v) is 17.0. The number of amides is 2. The van der Waals surface area contributed by atoms with Crippen LogP contribution in [0.3, 0.4) is 0 Å². The molecule has 0 aliphatic heterocycles.